The fraction of sp³-hybridized carbons (Fsp3) is 0.927. The van der Waals surface area contributed by atoms with Crippen molar-refractivity contribution in [3.05, 3.63) is 0 Å². The fourth-order valence-corrected chi connectivity index (χ4v) is 6.04. The van der Waals surface area contributed by atoms with Crippen LogP contribution in [0.1, 0.15) is 201 Å². The van der Waals surface area contributed by atoms with E-state index < -0.39 is 6.16 Å². The zero-order valence-electron chi connectivity index (χ0n) is 32.7. The van der Waals surface area contributed by atoms with Gasteiger partial charge in [0, 0.05) is 25.8 Å². The molecule has 0 saturated carbocycles. The van der Waals surface area contributed by atoms with E-state index >= 15 is 0 Å². The molecule has 290 valence electrons. The summed E-state index contributed by atoms with van der Waals surface area (Å²) in [4.78, 5) is 39.0. The minimum atomic E-state index is -0.618. The van der Waals surface area contributed by atoms with Gasteiger partial charge in [-0.2, -0.15) is 0 Å². The van der Waals surface area contributed by atoms with E-state index in [0.717, 1.165) is 96.7 Å². The highest BCUT2D eigenvalue weighted by Crippen LogP contribution is 2.16. The first-order valence-electron chi connectivity index (χ1n) is 20.8. The van der Waals surface area contributed by atoms with Crippen molar-refractivity contribution in [1.82, 2.24) is 4.90 Å². The first kappa shape index (κ1) is 47.2. The Balaban J connectivity index is 4.13. The average molecular weight is 698 g/mol. The second kappa shape index (κ2) is 37.4. The highest BCUT2D eigenvalue weighted by molar-refractivity contribution is 5.69. The van der Waals surface area contributed by atoms with Crippen LogP contribution in [0.25, 0.3) is 0 Å². The third kappa shape index (κ3) is 34.4. The lowest BCUT2D eigenvalue weighted by Gasteiger charge is -2.19. The predicted octanol–water partition coefficient (Wildman–Crippen LogP) is 11.5. The zero-order valence-corrected chi connectivity index (χ0v) is 32.7. The third-order valence-corrected chi connectivity index (χ3v) is 9.35. The van der Waals surface area contributed by atoms with Gasteiger partial charge in [0.05, 0.1) is 19.8 Å². The summed E-state index contributed by atoms with van der Waals surface area (Å²) in [7, 11) is 0. The number of unbranched alkanes of at least 4 members (excludes halogenated alkanes) is 19. The third-order valence-electron chi connectivity index (χ3n) is 9.35. The van der Waals surface area contributed by atoms with Crippen molar-refractivity contribution in [3.63, 3.8) is 0 Å². The maximum atomic E-state index is 12.4. The van der Waals surface area contributed by atoms with Crippen LogP contribution < -0.4 is 0 Å². The van der Waals surface area contributed by atoms with Crippen LogP contribution in [0, 0.1) is 0 Å². The highest BCUT2D eigenvalue weighted by atomic mass is 16.7. The lowest BCUT2D eigenvalue weighted by molar-refractivity contribution is -0.145. The van der Waals surface area contributed by atoms with Crippen LogP contribution in [0.4, 0.5) is 4.79 Å². The van der Waals surface area contributed by atoms with Gasteiger partial charge < -0.3 is 23.8 Å². The number of hydrogen-bond acceptors (Lipinski definition) is 8. The standard InChI is InChI=1S/C41H79NO7/c1-5-9-11-13-15-16-17-18-21-25-30-38(49-41(45)48-36-29-34-42(7-3)8-4)33-37-47-40(44)32-27-23-20-19-22-26-31-39(43)46-35-28-24-14-12-10-6-2/h38H,5-37H2,1-4H3. The molecule has 8 nitrogen and oxygen atoms in total. The lowest BCUT2D eigenvalue weighted by atomic mass is 10.0. The Hall–Kier alpha value is -1.83. The van der Waals surface area contributed by atoms with E-state index in [4.69, 9.17) is 18.9 Å². The first-order valence-corrected chi connectivity index (χ1v) is 20.8. The summed E-state index contributed by atoms with van der Waals surface area (Å²) >= 11 is 0. The minimum absolute atomic E-state index is 0.0739. The van der Waals surface area contributed by atoms with E-state index in [0.29, 0.717) is 32.5 Å². The lowest BCUT2D eigenvalue weighted by Crippen LogP contribution is -2.26. The van der Waals surface area contributed by atoms with Crippen LogP contribution in [0.2, 0.25) is 0 Å². The summed E-state index contributed by atoms with van der Waals surface area (Å²) in [6.07, 6.45) is 27.5. The molecule has 0 heterocycles. The molecule has 0 bridgehead atoms. The molecule has 0 radical (unpaired) electrons. The van der Waals surface area contributed by atoms with Crippen LogP contribution in [-0.4, -0.2) is 68.6 Å². The van der Waals surface area contributed by atoms with E-state index in [1.165, 1.54) is 77.0 Å². The summed E-state index contributed by atoms with van der Waals surface area (Å²) in [5, 5.41) is 0. The van der Waals surface area contributed by atoms with E-state index in [9.17, 15) is 14.4 Å². The molecule has 1 unspecified atom stereocenters. The Bertz CT molecular complexity index is 743. The van der Waals surface area contributed by atoms with Crippen molar-refractivity contribution >= 4 is 18.1 Å². The van der Waals surface area contributed by atoms with Crippen molar-refractivity contribution in [2.75, 3.05) is 39.5 Å². The van der Waals surface area contributed by atoms with Crippen LogP contribution >= 0.6 is 0 Å². The average Bonchev–Trinajstić information content (AvgIpc) is 3.09. The van der Waals surface area contributed by atoms with Gasteiger partial charge in [-0.1, -0.05) is 143 Å². The number of hydrogen-bond donors (Lipinski definition) is 0. The topological polar surface area (TPSA) is 91.4 Å². The number of nitrogens with zero attached hydrogens (tertiary/aromatic N) is 1. The van der Waals surface area contributed by atoms with Crippen molar-refractivity contribution in [2.24, 2.45) is 0 Å². The van der Waals surface area contributed by atoms with Gasteiger partial charge in [0.1, 0.15) is 6.10 Å². The quantitative estimate of drug-likeness (QED) is 0.0360. The van der Waals surface area contributed by atoms with E-state index in [2.05, 4.69) is 32.6 Å². The molecule has 49 heavy (non-hydrogen) atoms. The maximum Gasteiger partial charge on any atom is 0.508 e. The van der Waals surface area contributed by atoms with E-state index in [1.54, 1.807) is 0 Å². The Kier molecular flexibility index (Phi) is 36.0. The molecule has 0 amide bonds. The van der Waals surface area contributed by atoms with Gasteiger partial charge in [-0.25, -0.2) is 4.79 Å². The van der Waals surface area contributed by atoms with E-state index in [-0.39, 0.29) is 24.6 Å². The zero-order chi connectivity index (χ0) is 36.0. The molecule has 0 N–H and O–H groups in total. The van der Waals surface area contributed by atoms with Crippen LogP contribution in [-0.2, 0) is 28.5 Å². The molecule has 0 aromatic carbocycles. The predicted molar refractivity (Wildman–Crippen MR) is 202 cm³/mol. The van der Waals surface area contributed by atoms with Gasteiger partial charge >= 0.3 is 18.1 Å². The SMILES string of the molecule is CCCCCCCCCCCCC(CCOC(=O)CCCCCCCCC(=O)OCCCCCCCC)OC(=O)OCCCN(CC)CC. The molecule has 0 saturated heterocycles. The van der Waals surface area contributed by atoms with Gasteiger partial charge in [-0.15, -0.1) is 0 Å². The summed E-state index contributed by atoms with van der Waals surface area (Å²) in [5.41, 5.74) is 0. The largest absolute Gasteiger partial charge is 0.508 e. The molecule has 0 aliphatic carbocycles. The molecule has 0 spiro atoms. The summed E-state index contributed by atoms with van der Waals surface area (Å²) in [5.74, 6) is -0.264. The van der Waals surface area contributed by atoms with Crippen molar-refractivity contribution in [1.29, 1.82) is 0 Å². The summed E-state index contributed by atoms with van der Waals surface area (Å²) < 4.78 is 21.9. The van der Waals surface area contributed by atoms with E-state index in [1.807, 2.05) is 0 Å². The Morgan fingerprint density at radius 3 is 1.39 bits per heavy atom. The van der Waals surface area contributed by atoms with Gasteiger partial charge in [0.25, 0.3) is 0 Å². The minimum Gasteiger partial charge on any atom is -0.466 e. The molecule has 0 aliphatic heterocycles. The molecule has 0 aromatic heterocycles. The second-order valence-corrected chi connectivity index (χ2v) is 13.8. The normalized spacial score (nSPS) is 11.9. The molecule has 0 fully saturated rings. The Morgan fingerprint density at radius 1 is 0.449 bits per heavy atom. The van der Waals surface area contributed by atoms with Crippen molar-refractivity contribution < 1.29 is 33.3 Å². The summed E-state index contributed by atoms with van der Waals surface area (Å²) in [6.45, 7) is 12.8. The molecular formula is C41H79NO7. The molecular weight excluding hydrogens is 618 g/mol. The number of carbonyl (C=O) groups is 3. The molecule has 0 rings (SSSR count). The monoisotopic (exact) mass is 698 g/mol. The fourth-order valence-electron chi connectivity index (χ4n) is 6.04. The molecule has 0 aliphatic rings. The first-order chi connectivity index (χ1) is 24.0. The Morgan fingerprint density at radius 2 is 0.878 bits per heavy atom. The number of rotatable bonds is 37. The number of carbonyl (C=O) groups excluding carboxylic acids is 3. The van der Waals surface area contributed by atoms with Gasteiger partial charge in [-0.3, -0.25) is 9.59 Å². The smallest absolute Gasteiger partial charge is 0.466 e. The second-order valence-electron chi connectivity index (χ2n) is 13.8. The van der Waals surface area contributed by atoms with Crippen LogP contribution in [0.3, 0.4) is 0 Å². The van der Waals surface area contributed by atoms with Crippen LogP contribution in [0.15, 0.2) is 0 Å². The highest BCUT2D eigenvalue weighted by Gasteiger charge is 2.17. The number of esters is 2. The summed E-state index contributed by atoms with van der Waals surface area (Å²) in [6, 6.07) is 0. The molecule has 1 atom stereocenters. The number of ether oxygens (including phenoxy) is 4. The van der Waals surface area contributed by atoms with Crippen molar-refractivity contribution in [3.8, 4) is 0 Å². The maximum absolute atomic E-state index is 12.4. The van der Waals surface area contributed by atoms with Crippen molar-refractivity contribution in [2.45, 2.75) is 207 Å². The Labute approximate surface area is 302 Å². The van der Waals surface area contributed by atoms with Crippen LogP contribution in [0.5, 0.6) is 0 Å². The van der Waals surface area contributed by atoms with Gasteiger partial charge in [0.15, 0.2) is 0 Å². The molecule has 0 aromatic rings. The van der Waals surface area contributed by atoms with Gasteiger partial charge in [-0.05, 0) is 51.6 Å². The molecule has 8 heteroatoms. The van der Waals surface area contributed by atoms with Gasteiger partial charge in [0.2, 0.25) is 0 Å².